The maximum absolute atomic E-state index is 9.75. The van der Waals surface area contributed by atoms with E-state index in [0.717, 1.165) is 37.3 Å². The Morgan fingerprint density at radius 3 is 2.39 bits per heavy atom. The lowest BCUT2D eigenvalue weighted by Crippen LogP contribution is -2.37. The Labute approximate surface area is 174 Å². The Bertz CT molecular complexity index is 976. The molecule has 146 valence electrons. The first-order valence-electron chi connectivity index (χ1n) is 9.48. The Kier molecular flexibility index (Phi) is 5.92. The Hall–Kier alpha value is -1.99. The molecule has 1 aliphatic rings. The molecular formula is C21H23ClN4OS. The number of aliphatic hydroxyl groups excluding tert-OH is 1. The van der Waals surface area contributed by atoms with Crippen molar-refractivity contribution in [2.75, 3.05) is 13.1 Å². The van der Waals surface area contributed by atoms with E-state index in [2.05, 4.69) is 21.6 Å². The average molecular weight is 415 g/mol. The SMILES string of the molecule is OC1CCN(Cn2nc(-c3ccc(Cl)cc3)n(Cc3ccccc3)c2=S)CC1. The van der Waals surface area contributed by atoms with E-state index in [1.54, 1.807) is 0 Å². The summed E-state index contributed by atoms with van der Waals surface area (Å²) in [6.45, 7) is 3.00. The van der Waals surface area contributed by atoms with Crippen molar-refractivity contribution in [3.05, 3.63) is 70.0 Å². The number of aromatic nitrogens is 3. The van der Waals surface area contributed by atoms with E-state index < -0.39 is 0 Å². The molecule has 1 fully saturated rings. The molecule has 2 aromatic carbocycles. The number of halogens is 1. The van der Waals surface area contributed by atoms with Gasteiger partial charge < -0.3 is 5.11 Å². The molecule has 0 spiro atoms. The third-order valence-electron chi connectivity index (χ3n) is 5.10. The van der Waals surface area contributed by atoms with Crippen molar-refractivity contribution >= 4 is 23.8 Å². The Morgan fingerprint density at radius 1 is 1.04 bits per heavy atom. The molecular weight excluding hydrogens is 392 g/mol. The Balaban J connectivity index is 1.68. The highest BCUT2D eigenvalue weighted by molar-refractivity contribution is 7.71. The lowest BCUT2D eigenvalue weighted by molar-refractivity contribution is 0.0650. The number of piperidine rings is 1. The van der Waals surface area contributed by atoms with Gasteiger partial charge in [0.1, 0.15) is 0 Å². The zero-order chi connectivity index (χ0) is 19.5. The predicted octanol–water partition coefficient (Wildman–Crippen LogP) is 4.20. The first kappa shape index (κ1) is 19.3. The fourth-order valence-electron chi connectivity index (χ4n) is 3.50. The van der Waals surface area contributed by atoms with Crippen molar-refractivity contribution in [1.82, 2.24) is 19.2 Å². The van der Waals surface area contributed by atoms with Gasteiger partial charge in [-0.1, -0.05) is 41.9 Å². The standard InChI is InChI=1S/C21H23ClN4OS/c22-18-8-6-17(7-9-18)20-23-26(15-24-12-10-19(27)11-13-24)21(28)25(20)14-16-4-2-1-3-5-16/h1-9,19,27H,10-15H2. The van der Waals surface area contributed by atoms with Gasteiger partial charge in [-0.2, -0.15) is 5.10 Å². The molecule has 28 heavy (non-hydrogen) atoms. The van der Waals surface area contributed by atoms with Crippen LogP contribution in [0.15, 0.2) is 54.6 Å². The van der Waals surface area contributed by atoms with Crippen molar-refractivity contribution in [1.29, 1.82) is 0 Å². The number of benzene rings is 2. The summed E-state index contributed by atoms with van der Waals surface area (Å²) in [6, 6.07) is 18.0. The lowest BCUT2D eigenvalue weighted by atomic mass is 10.1. The van der Waals surface area contributed by atoms with Gasteiger partial charge in [0.15, 0.2) is 10.6 Å². The number of hydrogen-bond acceptors (Lipinski definition) is 4. The van der Waals surface area contributed by atoms with Crippen LogP contribution in [0.3, 0.4) is 0 Å². The number of hydrogen-bond donors (Lipinski definition) is 1. The van der Waals surface area contributed by atoms with Gasteiger partial charge in [-0.3, -0.25) is 9.47 Å². The second kappa shape index (κ2) is 8.57. The van der Waals surface area contributed by atoms with Gasteiger partial charge in [0.2, 0.25) is 0 Å². The van der Waals surface area contributed by atoms with Crippen LogP contribution < -0.4 is 0 Å². The minimum absolute atomic E-state index is 0.190. The summed E-state index contributed by atoms with van der Waals surface area (Å²) in [4.78, 5) is 2.29. The summed E-state index contributed by atoms with van der Waals surface area (Å²) >= 11 is 11.9. The number of likely N-dealkylation sites (tertiary alicyclic amines) is 1. The number of rotatable bonds is 5. The molecule has 3 aromatic rings. The number of aliphatic hydroxyl groups is 1. The van der Waals surface area contributed by atoms with E-state index in [1.165, 1.54) is 5.56 Å². The second-order valence-corrected chi connectivity index (χ2v) is 7.98. The Morgan fingerprint density at radius 2 is 1.71 bits per heavy atom. The van der Waals surface area contributed by atoms with Crippen LogP contribution in [0, 0.1) is 4.77 Å². The normalized spacial score (nSPS) is 15.8. The number of nitrogens with zero attached hydrogens (tertiary/aromatic N) is 4. The molecule has 0 unspecified atom stereocenters. The van der Waals surface area contributed by atoms with Crippen LogP contribution in [-0.4, -0.2) is 43.5 Å². The van der Waals surface area contributed by atoms with E-state index in [9.17, 15) is 5.11 Å². The van der Waals surface area contributed by atoms with Gasteiger partial charge in [0, 0.05) is 23.7 Å². The van der Waals surface area contributed by atoms with Crippen LogP contribution in [-0.2, 0) is 13.2 Å². The summed E-state index contributed by atoms with van der Waals surface area (Å²) in [5.74, 6) is 0.836. The zero-order valence-corrected chi connectivity index (χ0v) is 17.1. The van der Waals surface area contributed by atoms with Crippen LogP contribution in [0.4, 0.5) is 0 Å². The smallest absolute Gasteiger partial charge is 0.199 e. The molecule has 0 aliphatic carbocycles. The highest BCUT2D eigenvalue weighted by Crippen LogP contribution is 2.22. The molecule has 1 N–H and O–H groups in total. The molecule has 0 bridgehead atoms. The molecule has 0 saturated carbocycles. The fraction of sp³-hybridized carbons (Fsp3) is 0.333. The van der Waals surface area contributed by atoms with E-state index in [-0.39, 0.29) is 6.10 Å². The third kappa shape index (κ3) is 4.36. The van der Waals surface area contributed by atoms with E-state index in [4.69, 9.17) is 28.9 Å². The van der Waals surface area contributed by atoms with Crippen molar-refractivity contribution < 1.29 is 5.11 Å². The largest absolute Gasteiger partial charge is 0.393 e. The van der Waals surface area contributed by atoms with Gasteiger partial charge in [-0.25, -0.2) is 4.68 Å². The van der Waals surface area contributed by atoms with Crippen molar-refractivity contribution in [2.24, 2.45) is 0 Å². The van der Waals surface area contributed by atoms with Gasteiger partial charge in [0.25, 0.3) is 0 Å². The molecule has 0 atom stereocenters. The molecule has 7 heteroatoms. The monoisotopic (exact) mass is 414 g/mol. The molecule has 5 nitrogen and oxygen atoms in total. The summed E-state index contributed by atoms with van der Waals surface area (Å²) in [5, 5.41) is 15.3. The first-order chi connectivity index (χ1) is 13.6. The molecule has 0 amide bonds. The van der Waals surface area contributed by atoms with Crippen LogP contribution in [0.2, 0.25) is 5.02 Å². The average Bonchev–Trinajstić information content (AvgIpc) is 3.01. The summed E-state index contributed by atoms with van der Waals surface area (Å²) < 4.78 is 4.66. The van der Waals surface area contributed by atoms with E-state index >= 15 is 0 Å². The van der Waals surface area contributed by atoms with Crippen LogP contribution in [0.1, 0.15) is 18.4 Å². The topological polar surface area (TPSA) is 46.2 Å². The van der Waals surface area contributed by atoms with E-state index in [1.807, 2.05) is 47.1 Å². The quantitative estimate of drug-likeness (QED) is 0.635. The van der Waals surface area contributed by atoms with Gasteiger partial charge in [-0.15, -0.1) is 0 Å². The van der Waals surface area contributed by atoms with Crippen LogP contribution in [0.5, 0.6) is 0 Å². The van der Waals surface area contributed by atoms with Crippen molar-refractivity contribution in [2.45, 2.75) is 32.2 Å². The maximum Gasteiger partial charge on any atom is 0.199 e. The third-order valence-corrected chi connectivity index (χ3v) is 5.78. The minimum Gasteiger partial charge on any atom is -0.393 e. The predicted molar refractivity (Wildman–Crippen MR) is 114 cm³/mol. The van der Waals surface area contributed by atoms with Crippen LogP contribution >= 0.6 is 23.8 Å². The van der Waals surface area contributed by atoms with E-state index in [0.29, 0.717) is 23.0 Å². The van der Waals surface area contributed by atoms with Gasteiger partial charge in [-0.05, 0) is 54.9 Å². The summed E-state index contributed by atoms with van der Waals surface area (Å²) in [7, 11) is 0. The van der Waals surface area contributed by atoms with Crippen molar-refractivity contribution in [3.63, 3.8) is 0 Å². The first-order valence-corrected chi connectivity index (χ1v) is 10.3. The molecule has 1 aliphatic heterocycles. The maximum atomic E-state index is 9.75. The van der Waals surface area contributed by atoms with Crippen LogP contribution in [0.25, 0.3) is 11.4 Å². The van der Waals surface area contributed by atoms with Gasteiger partial charge >= 0.3 is 0 Å². The highest BCUT2D eigenvalue weighted by Gasteiger charge is 2.19. The zero-order valence-electron chi connectivity index (χ0n) is 15.5. The molecule has 2 heterocycles. The summed E-state index contributed by atoms with van der Waals surface area (Å²) in [6.07, 6.45) is 1.40. The van der Waals surface area contributed by atoms with Gasteiger partial charge in [0.05, 0.1) is 19.3 Å². The fourth-order valence-corrected chi connectivity index (χ4v) is 3.88. The minimum atomic E-state index is -0.190. The molecule has 1 aromatic heterocycles. The molecule has 4 rings (SSSR count). The molecule has 0 radical (unpaired) electrons. The second-order valence-electron chi connectivity index (χ2n) is 7.17. The summed E-state index contributed by atoms with van der Waals surface area (Å²) in [5.41, 5.74) is 2.16. The molecule has 1 saturated heterocycles. The van der Waals surface area contributed by atoms with Crippen molar-refractivity contribution in [3.8, 4) is 11.4 Å². The lowest BCUT2D eigenvalue weighted by Gasteiger charge is -2.28. The highest BCUT2D eigenvalue weighted by atomic mass is 35.5.